The molecule has 0 aliphatic rings. The molecule has 0 spiro atoms. The van der Waals surface area contributed by atoms with E-state index in [4.69, 9.17) is 4.84 Å². The lowest BCUT2D eigenvalue weighted by atomic mass is 10.1. The molecule has 2 N–H and O–H groups in total. The Balaban J connectivity index is 2.30. The third-order valence-corrected chi connectivity index (χ3v) is 4.87. The number of hydrogen-bond donors (Lipinski definition) is 2. The Bertz CT molecular complexity index is 721. The number of anilines is 3. The molecule has 0 aliphatic heterocycles. The summed E-state index contributed by atoms with van der Waals surface area (Å²) in [6.45, 7) is 12.4. The molecule has 0 atom stereocenters. The predicted octanol–water partition coefficient (Wildman–Crippen LogP) is 5.75. The minimum atomic E-state index is 0.153. The molecule has 1 aromatic carbocycles. The largest absolute Gasteiger partial charge is 0.339 e. The van der Waals surface area contributed by atoms with Gasteiger partial charge in [-0.1, -0.05) is 31.5 Å². The van der Waals surface area contributed by atoms with Crippen LogP contribution < -0.4 is 10.8 Å². The summed E-state index contributed by atoms with van der Waals surface area (Å²) in [5, 5.41) is 3.44. The molecule has 6 heteroatoms. The second-order valence-corrected chi connectivity index (χ2v) is 7.13. The molecular formula is C19H27BrN4O. The highest BCUT2D eigenvalue weighted by Crippen LogP contribution is 2.32. The van der Waals surface area contributed by atoms with E-state index in [1.807, 2.05) is 6.92 Å². The summed E-state index contributed by atoms with van der Waals surface area (Å²) >= 11 is 3.60. The van der Waals surface area contributed by atoms with Crippen molar-refractivity contribution in [2.45, 2.75) is 60.5 Å². The molecule has 1 aromatic heterocycles. The van der Waals surface area contributed by atoms with Crippen molar-refractivity contribution in [2.75, 3.05) is 10.8 Å². The third kappa shape index (κ3) is 4.92. The van der Waals surface area contributed by atoms with Gasteiger partial charge in [-0.3, -0.25) is 4.84 Å². The van der Waals surface area contributed by atoms with Gasteiger partial charge in [0.2, 0.25) is 0 Å². The Labute approximate surface area is 158 Å². The van der Waals surface area contributed by atoms with Gasteiger partial charge in [0.25, 0.3) is 0 Å². The second kappa shape index (κ2) is 8.63. The summed E-state index contributed by atoms with van der Waals surface area (Å²) in [6.07, 6.45) is 2.04. The van der Waals surface area contributed by atoms with Gasteiger partial charge in [-0.15, -0.1) is 0 Å². The fraction of sp³-hybridized carbons (Fsp3) is 0.474. The lowest BCUT2D eigenvalue weighted by Gasteiger charge is -2.18. The van der Waals surface area contributed by atoms with E-state index in [9.17, 15) is 0 Å². The minimum absolute atomic E-state index is 0.153. The molecule has 0 aliphatic carbocycles. The van der Waals surface area contributed by atoms with E-state index < -0.39 is 0 Å². The van der Waals surface area contributed by atoms with Crippen LogP contribution in [0, 0.1) is 27.7 Å². The van der Waals surface area contributed by atoms with Gasteiger partial charge in [-0.2, -0.15) is 0 Å². The van der Waals surface area contributed by atoms with Gasteiger partial charge in [-0.25, -0.2) is 15.4 Å². The standard InChI is InChI=1S/C19H27BrN4O/c1-7-15(8-2)25-24-19-16(20)18(21-14(6)22-19)23-17-12(4)9-11(3)10-13(17)5/h9-10,15H,7-8H2,1-6H3,(H2,21,22,23,24). The van der Waals surface area contributed by atoms with Crippen LogP contribution in [0.25, 0.3) is 0 Å². The normalized spacial score (nSPS) is 11.0. The first kappa shape index (κ1) is 19.7. The summed E-state index contributed by atoms with van der Waals surface area (Å²) in [5.41, 5.74) is 7.67. The molecule has 0 saturated carbocycles. The second-order valence-electron chi connectivity index (χ2n) is 6.34. The van der Waals surface area contributed by atoms with Crippen molar-refractivity contribution in [2.24, 2.45) is 0 Å². The van der Waals surface area contributed by atoms with Gasteiger partial charge in [0, 0.05) is 5.69 Å². The maximum absolute atomic E-state index is 5.73. The number of nitrogens with one attached hydrogen (secondary N) is 2. The van der Waals surface area contributed by atoms with Crippen LogP contribution in [0.1, 0.15) is 49.2 Å². The van der Waals surface area contributed by atoms with Gasteiger partial charge in [0.05, 0.1) is 6.10 Å². The first-order valence-electron chi connectivity index (χ1n) is 8.66. The van der Waals surface area contributed by atoms with Gasteiger partial charge < -0.3 is 5.32 Å². The zero-order chi connectivity index (χ0) is 18.6. The molecule has 2 rings (SSSR count). The van der Waals surface area contributed by atoms with Crippen LogP contribution in [0.4, 0.5) is 17.3 Å². The van der Waals surface area contributed by atoms with E-state index in [2.05, 4.69) is 83.4 Å². The van der Waals surface area contributed by atoms with Crippen molar-refractivity contribution in [3.63, 3.8) is 0 Å². The molecule has 2 aromatic rings. The third-order valence-electron chi connectivity index (χ3n) is 4.12. The van der Waals surface area contributed by atoms with Crippen LogP contribution in [0.15, 0.2) is 16.6 Å². The maximum atomic E-state index is 5.73. The van der Waals surface area contributed by atoms with Gasteiger partial charge >= 0.3 is 0 Å². The zero-order valence-electron chi connectivity index (χ0n) is 15.8. The van der Waals surface area contributed by atoms with E-state index in [0.29, 0.717) is 11.6 Å². The summed E-state index contributed by atoms with van der Waals surface area (Å²) in [5.74, 6) is 2.02. The highest BCUT2D eigenvalue weighted by Gasteiger charge is 2.14. The minimum Gasteiger partial charge on any atom is -0.339 e. The highest BCUT2D eigenvalue weighted by molar-refractivity contribution is 9.10. The van der Waals surface area contributed by atoms with Crippen LogP contribution in [0.2, 0.25) is 0 Å². The fourth-order valence-electron chi connectivity index (χ4n) is 2.80. The summed E-state index contributed by atoms with van der Waals surface area (Å²) in [4.78, 5) is 14.7. The van der Waals surface area contributed by atoms with Crippen LogP contribution in [0.3, 0.4) is 0 Å². The van der Waals surface area contributed by atoms with E-state index in [1.165, 1.54) is 16.7 Å². The Morgan fingerprint density at radius 3 is 2.12 bits per heavy atom. The molecule has 0 fully saturated rings. The quantitative estimate of drug-likeness (QED) is 0.573. The molecular weight excluding hydrogens is 380 g/mol. The van der Waals surface area contributed by atoms with Crippen LogP contribution in [-0.2, 0) is 4.84 Å². The molecule has 5 nitrogen and oxygen atoms in total. The molecule has 1 heterocycles. The lowest BCUT2D eigenvalue weighted by molar-refractivity contribution is 0.0923. The van der Waals surface area contributed by atoms with Gasteiger partial charge in [0.1, 0.15) is 10.3 Å². The predicted molar refractivity (Wildman–Crippen MR) is 107 cm³/mol. The number of aryl methyl sites for hydroxylation is 4. The average molecular weight is 407 g/mol. The lowest BCUT2D eigenvalue weighted by Crippen LogP contribution is -2.16. The smallest absolute Gasteiger partial charge is 0.169 e. The van der Waals surface area contributed by atoms with E-state index in [1.54, 1.807) is 0 Å². The Morgan fingerprint density at radius 1 is 1.00 bits per heavy atom. The molecule has 0 saturated heterocycles. The first-order chi connectivity index (χ1) is 11.8. The molecule has 0 amide bonds. The van der Waals surface area contributed by atoms with Crippen molar-refractivity contribution in [3.05, 3.63) is 39.1 Å². The van der Waals surface area contributed by atoms with Crippen molar-refractivity contribution < 1.29 is 4.84 Å². The number of aromatic nitrogens is 2. The van der Waals surface area contributed by atoms with E-state index >= 15 is 0 Å². The Kier molecular flexibility index (Phi) is 6.79. The maximum Gasteiger partial charge on any atom is 0.169 e. The molecule has 25 heavy (non-hydrogen) atoms. The Morgan fingerprint density at radius 2 is 1.56 bits per heavy atom. The Hall–Kier alpha value is -1.66. The van der Waals surface area contributed by atoms with Crippen molar-refractivity contribution >= 4 is 33.3 Å². The summed E-state index contributed by atoms with van der Waals surface area (Å²) in [7, 11) is 0. The van der Waals surface area contributed by atoms with E-state index in [0.717, 1.165) is 28.8 Å². The first-order valence-corrected chi connectivity index (χ1v) is 9.45. The molecule has 136 valence electrons. The van der Waals surface area contributed by atoms with Crippen molar-refractivity contribution in [1.82, 2.24) is 9.97 Å². The van der Waals surface area contributed by atoms with Crippen LogP contribution in [0.5, 0.6) is 0 Å². The van der Waals surface area contributed by atoms with Crippen LogP contribution >= 0.6 is 15.9 Å². The van der Waals surface area contributed by atoms with Crippen molar-refractivity contribution in [3.8, 4) is 0 Å². The van der Waals surface area contributed by atoms with Crippen molar-refractivity contribution in [1.29, 1.82) is 0 Å². The number of benzene rings is 1. The summed E-state index contributed by atoms with van der Waals surface area (Å²) < 4.78 is 0.753. The molecule has 0 bridgehead atoms. The van der Waals surface area contributed by atoms with Gasteiger partial charge in [-0.05, 0) is 67.6 Å². The topological polar surface area (TPSA) is 59.1 Å². The SMILES string of the molecule is CCC(CC)ONc1nc(C)nc(Nc2c(C)cc(C)cc2C)c1Br. The van der Waals surface area contributed by atoms with E-state index in [-0.39, 0.29) is 6.10 Å². The number of rotatable bonds is 7. The molecule has 0 unspecified atom stereocenters. The van der Waals surface area contributed by atoms with Gasteiger partial charge in [0.15, 0.2) is 11.6 Å². The molecule has 0 radical (unpaired) electrons. The highest BCUT2D eigenvalue weighted by atomic mass is 79.9. The monoisotopic (exact) mass is 406 g/mol. The number of nitrogens with zero attached hydrogens (tertiary/aromatic N) is 2. The van der Waals surface area contributed by atoms with Crippen LogP contribution in [-0.4, -0.2) is 16.1 Å². The average Bonchev–Trinajstić information content (AvgIpc) is 2.55. The summed E-state index contributed by atoms with van der Waals surface area (Å²) in [6, 6.07) is 4.32. The zero-order valence-corrected chi connectivity index (χ0v) is 17.4. The fourth-order valence-corrected chi connectivity index (χ4v) is 3.16. The number of halogens is 1. The number of hydrogen-bond acceptors (Lipinski definition) is 5.